The van der Waals surface area contributed by atoms with Crippen LogP contribution < -0.4 is 0 Å². The van der Waals surface area contributed by atoms with Crippen molar-refractivity contribution in [2.24, 2.45) is 0 Å². The van der Waals surface area contributed by atoms with E-state index in [1.165, 1.54) is 0 Å². The maximum absolute atomic E-state index is 11.6. The van der Waals surface area contributed by atoms with Crippen LogP contribution >= 0.6 is 11.6 Å². The van der Waals surface area contributed by atoms with Crippen molar-refractivity contribution in [2.75, 3.05) is 6.54 Å². The molecule has 1 aliphatic rings. The number of carbonyl (C=O) groups is 2. The lowest BCUT2D eigenvalue weighted by Gasteiger charge is -2.35. The van der Waals surface area contributed by atoms with Crippen molar-refractivity contribution in [3.05, 3.63) is 35.9 Å². The average Bonchev–Trinajstić information content (AvgIpc) is 2.44. The number of likely N-dealkylation sites (tertiary alicyclic amines) is 1. The highest BCUT2D eigenvalue weighted by Crippen LogP contribution is 2.21. The van der Waals surface area contributed by atoms with E-state index in [4.69, 9.17) is 20.5 Å². The first-order valence-electron chi connectivity index (χ1n) is 6.53. The summed E-state index contributed by atoms with van der Waals surface area (Å²) in [4.78, 5) is 23.9. The molecule has 90 valence electrons. The molecular weight excluding hydrogens is 242 g/mol. The van der Waals surface area contributed by atoms with Crippen molar-refractivity contribution in [1.29, 1.82) is 0 Å². The molecule has 4 nitrogen and oxygen atoms in total. The Bertz CT molecular complexity index is 526. The molecule has 1 amide bonds. The van der Waals surface area contributed by atoms with Crippen LogP contribution in [0, 0.1) is 0 Å². The molecule has 0 aliphatic carbocycles. The quantitative estimate of drug-likeness (QED) is 0.356. The molecule has 0 spiro atoms. The fraction of sp³-hybridized carbons (Fsp3) is 0.333. The highest BCUT2D eigenvalue weighted by molar-refractivity contribution is 6.24. The van der Waals surface area contributed by atoms with E-state index in [0.29, 0.717) is 5.56 Å². The second kappa shape index (κ2) is 5.19. The minimum atomic E-state index is -2.15. The molecular formula is C12H12ClNO3. The van der Waals surface area contributed by atoms with Gasteiger partial charge < -0.3 is 9.64 Å². The van der Waals surface area contributed by atoms with E-state index >= 15 is 0 Å². The van der Waals surface area contributed by atoms with E-state index in [0.717, 1.165) is 4.90 Å². The molecule has 1 heterocycles. The number of halogens is 1. The van der Waals surface area contributed by atoms with E-state index in [2.05, 4.69) is 0 Å². The number of nitrogens with zero attached hydrogens (tertiary/aromatic N) is 1. The molecule has 1 aliphatic heterocycles. The highest BCUT2D eigenvalue weighted by Gasteiger charge is 2.35. The Balaban J connectivity index is 1.90. The van der Waals surface area contributed by atoms with Gasteiger partial charge in [-0.25, -0.2) is 0 Å². The van der Waals surface area contributed by atoms with E-state index in [9.17, 15) is 9.59 Å². The Morgan fingerprint density at radius 3 is 3.00 bits per heavy atom. The van der Waals surface area contributed by atoms with E-state index in [1.807, 2.05) is 0 Å². The van der Waals surface area contributed by atoms with Crippen LogP contribution in [0.5, 0.6) is 0 Å². The van der Waals surface area contributed by atoms with Crippen molar-refractivity contribution in [2.45, 2.75) is 18.5 Å². The minimum Gasteiger partial charge on any atom is -0.459 e. The van der Waals surface area contributed by atoms with E-state index < -0.39 is 36.9 Å². The van der Waals surface area contributed by atoms with E-state index in [1.54, 1.807) is 30.3 Å². The lowest BCUT2D eigenvalue weighted by atomic mass is 10.2. The van der Waals surface area contributed by atoms with Crippen LogP contribution in [0.1, 0.15) is 16.0 Å². The zero-order valence-electron chi connectivity index (χ0n) is 11.8. The predicted octanol–water partition coefficient (Wildman–Crippen LogP) is 1.53. The third-order valence-corrected chi connectivity index (χ3v) is 2.55. The molecule has 0 saturated carbocycles. The fourth-order valence-electron chi connectivity index (χ4n) is 1.29. The monoisotopic (exact) mass is 257 g/mol. The number of hydrogen-bond donors (Lipinski definition) is 0. The number of benzene rings is 1. The summed E-state index contributed by atoms with van der Waals surface area (Å²) in [5.74, 6) is -1.65. The number of carbonyl (C=O) groups excluding carboxylic acids is 2. The van der Waals surface area contributed by atoms with Gasteiger partial charge in [0.25, 0.3) is 0 Å². The smallest absolute Gasteiger partial charge is 0.326 e. The second-order valence-electron chi connectivity index (χ2n) is 3.43. The average molecular weight is 258 g/mol. The predicted molar refractivity (Wildman–Crippen MR) is 62.2 cm³/mol. The van der Waals surface area contributed by atoms with Crippen LogP contribution in [0.4, 0.5) is 0 Å². The zero-order valence-corrected chi connectivity index (χ0v) is 9.55. The van der Waals surface area contributed by atoms with Gasteiger partial charge in [-0.2, -0.15) is 0 Å². The van der Waals surface area contributed by atoms with Crippen LogP contribution in [0.15, 0.2) is 30.3 Å². The van der Waals surface area contributed by atoms with Crippen LogP contribution in [0.2, 0.25) is 0 Å². The van der Waals surface area contributed by atoms with Crippen molar-refractivity contribution in [1.82, 2.24) is 4.90 Å². The van der Waals surface area contributed by atoms with Gasteiger partial charge in [0.2, 0.25) is 5.91 Å². The molecule has 0 radical (unpaired) electrons. The van der Waals surface area contributed by atoms with Gasteiger partial charge in [-0.3, -0.25) is 9.59 Å². The molecule has 1 saturated heterocycles. The molecule has 2 rings (SSSR count). The third kappa shape index (κ3) is 2.97. The number of hydrogen-bond acceptors (Lipinski definition) is 3. The summed E-state index contributed by atoms with van der Waals surface area (Å²) < 4.78 is 27.1. The van der Waals surface area contributed by atoms with Gasteiger partial charge in [0.05, 0.1) is 7.74 Å². The molecule has 1 unspecified atom stereocenters. The van der Waals surface area contributed by atoms with Gasteiger partial charge in [-0.1, -0.05) is 41.9 Å². The van der Waals surface area contributed by atoms with Gasteiger partial charge in [-0.05, 0) is 5.56 Å². The third-order valence-electron chi connectivity index (χ3n) is 2.20. The minimum absolute atomic E-state index is 0.464. The number of amides is 1. The number of β-lactam (4-membered cyclic amide) rings is 1. The first kappa shape index (κ1) is 8.53. The number of ether oxygens (including phenoxy) is 1. The summed E-state index contributed by atoms with van der Waals surface area (Å²) in [5, 5.41) is 0. The Hall–Kier alpha value is -1.55. The molecule has 1 aromatic carbocycles. The molecule has 1 fully saturated rings. The SMILES string of the molecule is [2H]C1([2H])C(=O)N(CC(=O)OC([3H])c2ccccc2)[C@H]1Cl. The summed E-state index contributed by atoms with van der Waals surface area (Å²) in [6.07, 6.45) is -2.15. The Kier molecular flexibility index (Phi) is 2.60. The van der Waals surface area contributed by atoms with Gasteiger partial charge in [0.15, 0.2) is 0 Å². The fourth-order valence-corrected chi connectivity index (χ4v) is 1.54. The van der Waals surface area contributed by atoms with Crippen LogP contribution in [-0.2, 0) is 20.9 Å². The Morgan fingerprint density at radius 2 is 2.35 bits per heavy atom. The topological polar surface area (TPSA) is 46.6 Å². The summed E-state index contributed by atoms with van der Waals surface area (Å²) in [7, 11) is 0. The van der Waals surface area contributed by atoms with E-state index in [-0.39, 0.29) is 0 Å². The summed E-state index contributed by atoms with van der Waals surface area (Å²) in [5.41, 5.74) is -0.683. The largest absolute Gasteiger partial charge is 0.459 e. The molecule has 2 atom stereocenters. The Morgan fingerprint density at radius 1 is 1.65 bits per heavy atom. The van der Waals surface area contributed by atoms with Gasteiger partial charge in [0.1, 0.15) is 18.6 Å². The maximum atomic E-state index is 11.6. The van der Waals surface area contributed by atoms with Crippen LogP contribution in [0.25, 0.3) is 0 Å². The van der Waals surface area contributed by atoms with Gasteiger partial charge in [-0.15, -0.1) is 0 Å². The highest BCUT2D eigenvalue weighted by atomic mass is 35.5. The summed E-state index contributed by atoms with van der Waals surface area (Å²) in [6, 6.07) is 8.49. The molecule has 0 bridgehead atoms. The van der Waals surface area contributed by atoms with Crippen molar-refractivity contribution in [3.8, 4) is 0 Å². The number of rotatable bonds is 4. The normalized spacial score (nSPS) is 26.2. The molecule has 0 N–H and O–H groups in total. The molecule has 5 heteroatoms. The van der Waals surface area contributed by atoms with Crippen molar-refractivity contribution >= 4 is 23.5 Å². The van der Waals surface area contributed by atoms with Crippen molar-refractivity contribution in [3.63, 3.8) is 0 Å². The maximum Gasteiger partial charge on any atom is 0.326 e. The summed E-state index contributed by atoms with van der Waals surface area (Å²) in [6.45, 7) is -1.65. The van der Waals surface area contributed by atoms with Gasteiger partial charge in [0, 0.05) is 2.74 Å². The van der Waals surface area contributed by atoms with Crippen molar-refractivity contribution < 1.29 is 18.4 Å². The zero-order chi connectivity index (χ0) is 14.9. The second-order valence-corrected chi connectivity index (χ2v) is 3.84. The first-order chi connectivity index (χ1) is 9.34. The lowest BCUT2D eigenvalue weighted by Crippen LogP contribution is -2.51. The van der Waals surface area contributed by atoms with Crippen LogP contribution in [0.3, 0.4) is 0 Å². The summed E-state index contributed by atoms with van der Waals surface area (Å²) >= 11 is 5.67. The lowest BCUT2D eigenvalue weighted by molar-refractivity contribution is -0.155. The molecule has 0 aromatic heterocycles. The molecule has 1 aromatic rings. The van der Waals surface area contributed by atoms with Gasteiger partial charge >= 0.3 is 5.97 Å². The standard InChI is InChI=1S/C12H12ClNO3/c13-10-6-11(15)14(10)7-12(16)17-8-9-4-2-1-3-5-9/h1-5,10H,6-8H2/t10-/m1/s1/i6D2,8T/t8?,10-. The number of alkyl halides is 1. The Labute approximate surface area is 108 Å². The number of esters is 1. The van der Waals surface area contributed by atoms with Crippen LogP contribution in [-0.4, -0.2) is 28.8 Å². The first-order valence-corrected chi connectivity index (χ1v) is 5.39. The molecule has 17 heavy (non-hydrogen) atoms.